The van der Waals surface area contributed by atoms with E-state index in [1.807, 2.05) is 30.3 Å². The summed E-state index contributed by atoms with van der Waals surface area (Å²) in [5, 5.41) is 12.9. The van der Waals surface area contributed by atoms with Crippen LogP contribution < -0.4 is 5.56 Å². The van der Waals surface area contributed by atoms with Gasteiger partial charge in [0.05, 0.1) is 12.8 Å². The molecular formula is C19H14ClN5O3. The maximum Gasteiger partial charge on any atom is 0.376 e. The van der Waals surface area contributed by atoms with Crippen molar-refractivity contribution in [3.05, 3.63) is 87.1 Å². The summed E-state index contributed by atoms with van der Waals surface area (Å²) in [6.07, 6.45) is 0.276. The SMILES string of the molecule is COC(=O)c1nn(-c2cccc(Cl)c2)c2nnc(Cc3ccccc3)c(=O)n12. The van der Waals surface area contributed by atoms with Crippen molar-refractivity contribution in [3.8, 4) is 5.69 Å². The molecule has 0 saturated heterocycles. The number of nitrogens with zero attached hydrogens (tertiary/aromatic N) is 5. The van der Waals surface area contributed by atoms with Crippen LogP contribution in [0.1, 0.15) is 21.9 Å². The third kappa shape index (κ3) is 3.14. The number of ether oxygens (including phenoxy) is 1. The van der Waals surface area contributed by atoms with Crippen LogP contribution in [0.3, 0.4) is 0 Å². The number of hydrogen-bond donors (Lipinski definition) is 0. The lowest BCUT2D eigenvalue weighted by molar-refractivity contribution is 0.0584. The molecule has 0 aliphatic carbocycles. The van der Waals surface area contributed by atoms with Gasteiger partial charge in [0.2, 0.25) is 5.82 Å². The normalized spacial score (nSPS) is 10.9. The first-order valence-electron chi connectivity index (χ1n) is 8.34. The van der Waals surface area contributed by atoms with Gasteiger partial charge in [0.15, 0.2) is 0 Å². The molecule has 0 amide bonds. The first-order chi connectivity index (χ1) is 13.6. The van der Waals surface area contributed by atoms with Gasteiger partial charge in [0, 0.05) is 11.4 Å². The van der Waals surface area contributed by atoms with E-state index in [0.29, 0.717) is 10.7 Å². The highest BCUT2D eigenvalue weighted by Gasteiger charge is 2.23. The zero-order valence-electron chi connectivity index (χ0n) is 14.7. The smallest absolute Gasteiger partial charge is 0.376 e. The summed E-state index contributed by atoms with van der Waals surface area (Å²) >= 11 is 6.05. The maximum absolute atomic E-state index is 13.1. The summed E-state index contributed by atoms with van der Waals surface area (Å²) in [4.78, 5) is 25.3. The van der Waals surface area contributed by atoms with Gasteiger partial charge in [-0.3, -0.25) is 4.79 Å². The van der Waals surface area contributed by atoms with E-state index in [0.717, 1.165) is 9.96 Å². The van der Waals surface area contributed by atoms with Gasteiger partial charge < -0.3 is 4.74 Å². The minimum Gasteiger partial charge on any atom is -0.463 e. The van der Waals surface area contributed by atoms with E-state index < -0.39 is 11.5 Å². The average molecular weight is 396 g/mol. The average Bonchev–Trinajstić information content (AvgIpc) is 3.11. The van der Waals surface area contributed by atoms with Gasteiger partial charge in [-0.25, -0.2) is 9.20 Å². The zero-order chi connectivity index (χ0) is 19.7. The Morgan fingerprint density at radius 3 is 2.61 bits per heavy atom. The van der Waals surface area contributed by atoms with E-state index >= 15 is 0 Å². The molecule has 140 valence electrons. The Hall–Kier alpha value is -3.52. The zero-order valence-corrected chi connectivity index (χ0v) is 15.5. The fourth-order valence-electron chi connectivity index (χ4n) is 2.83. The molecule has 4 rings (SSSR count). The first kappa shape index (κ1) is 17.9. The Morgan fingerprint density at radius 1 is 1.11 bits per heavy atom. The van der Waals surface area contributed by atoms with Crippen molar-refractivity contribution in [2.75, 3.05) is 7.11 Å². The number of fused-ring (bicyclic) bond motifs is 1. The Balaban J connectivity index is 1.93. The summed E-state index contributed by atoms with van der Waals surface area (Å²) in [7, 11) is 1.22. The van der Waals surface area contributed by atoms with Crippen molar-refractivity contribution in [1.29, 1.82) is 0 Å². The van der Waals surface area contributed by atoms with Gasteiger partial charge in [-0.2, -0.15) is 4.68 Å². The molecule has 28 heavy (non-hydrogen) atoms. The highest BCUT2D eigenvalue weighted by molar-refractivity contribution is 6.30. The molecule has 8 nitrogen and oxygen atoms in total. The maximum atomic E-state index is 13.1. The van der Waals surface area contributed by atoms with Crippen molar-refractivity contribution < 1.29 is 9.53 Å². The van der Waals surface area contributed by atoms with Gasteiger partial charge in [0.25, 0.3) is 11.3 Å². The van der Waals surface area contributed by atoms with Crippen LogP contribution in [0.2, 0.25) is 5.02 Å². The molecule has 0 aliphatic rings. The molecule has 0 bridgehead atoms. The highest BCUT2D eigenvalue weighted by Crippen LogP contribution is 2.17. The number of carbonyl (C=O) groups excluding carboxylic acids is 1. The fraction of sp³-hybridized carbons (Fsp3) is 0.105. The predicted molar refractivity (Wildman–Crippen MR) is 102 cm³/mol. The largest absolute Gasteiger partial charge is 0.463 e. The molecule has 2 heterocycles. The molecule has 0 unspecified atom stereocenters. The molecule has 0 atom stereocenters. The number of carbonyl (C=O) groups is 1. The summed E-state index contributed by atoms with van der Waals surface area (Å²) < 4.78 is 7.22. The summed E-state index contributed by atoms with van der Waals surface area (Å²) in [6.45, 7) is 0. The van der Waals surface area contributed by atoms with Crippen LogP contribution in [0.4, 0.5) is 0 Å². The van der Waals surface area contributed by atoms with Crippen LogP contribution in [-0.2, 0) is 11.2 Å². The molecule has 4 aromatic rings. The molecule has 0 N–H and O–H groups in total. The number of hydrogen-bond acceptors (Lipinski definition) is 6. The van der Waals surface area contributed by atoms with Crippen LogP contribution >= 0.6 is 11.6 Å². The van der Waals surface area contributed by atoms with Crippen molar-refractivity contribution in [3.63, 3.8) is 0 Å². The second-order valence-electron chi connectivity index (χ2n) is 5.96. The van der Waals surface area contributed by atoms with Gasteiger partial charge in [-0.15, -0.1) is 15.3 Å². The predicted octanol–water partition coefficient (Wildman–Crippen LogP) is 2.31. The first-order valence-corrected chi connectivity index (χ1v) is 8.72. The molecule has 2 aromatic heterocycles. The molecule has 0 saturated carbocycles. The van der Waals surface area contributed by atoms with Crippen molar-refractivity contribution in [1.82, 2.24) is 24.4 Å². The van der Waals surface area contributed by atoms with Gasteiger partial charge >= 0.3 is 5.97 Å². The lowest BCUT2D eigenvalue weighted by Gasteiger charge is -2.03. The van der Waals surface area contributed by atoms with Crippen molar-refractivity contribution in [2.45, 2.75) is 6.42 Å². The number of halogens is 1. The van der Waals surface area contributed by atoms with Crippen molar-refractivity contribution >= 4 is 23.3 Å². The van der Waals surface area contributed by atoms with Crippen LogP contribution in [0, 0.1) is 0 Å². The number of esters is 1. The third-order valence-corrected chi connectivity index (χ3v) is 4.38. The second kappa shape index (κ2) is 7.24. The standard InChI is InChI=1S/C19H14ClN5O3/c1-28-18(27)16-23-25(14-9-5-8-13(20)11-14)19-22-21-15(17(26)24(16)19)10-12-6-3-2-4-7-12/h2-9,11H,10H2,1H3. The number of benzene rings is 2. The molecule has 0 radical (unpaired) electrons. The van der Waals surface area contributed by atoms with Gasteiger partial charge in [-0.05, 0) is 23.8 Å². The molecular weight excluding hydrogens is 382 g/mol. The highest BCUT2D eigenvalue weighted by atomic mass is 35.5. The Bertz CT molecular complexity index is 1230. The van der Waals surface area contributed by atoms with E-state index in [-0.39, 0.29) is 23.7 Å². The second-order valence-corrected chi connectivity index (χ2v) is 6.39. The Morgan fingerprint density at radius 2 is 1.89 bits per heavy atom. The number of aromatic nitrogens is 5. The minimum absolute atomic E-state index is 0.0875. The number of rotatable bonds is 4. The summed E-state index contributed by atoms with van der Waals surface area (Å²) in [6, 6.07) is 16.2. The number of methoxy groups -OCH3 is 1. The van der Waals surface area contributed by atoms with E-state index in [4.69, 9.17) is 16.3 Å². The summed E-state index contributed by atoms with van der Waals surface area (Å²) in [5.74, 6) is -0.859. The quantitative estimate of drug-likeness (QED) is 0.492. The van der Waals surface area contributed by atoms with Crippen LogP contribution in [0.25, 0.3) is 11.5 Å². The van der Waals surface area contributed by atoms with Crippen LogP contribution in [-0.4, -0.2) is 37.5 Å². The lowest BCUT2D eigenvalue weighted by atomic mass is 10.1. The topological polar surface area (TPSA) is 91.4 Å². The van der Waals surface area contributed by atoms with Crippen LogP contribution in [0.15, 0.2) is 59.4 Å². The Kier molecular flexibility index (Phi) is 4.62. The monoisotopic (exact) mass is 395 g/mol. The van der Waals surface area contributed by atoms with E-state index in [2.05, 4.69) is 15.3 Å². The minimum atomic E-state index is -0.758. The summed E-state index contributed by atoms with van der Waals surface area (Å²) in [5.41, 5.74) is 1.14. The van der Waals surface area contributed by atoms with Crippen LogP contribution in [0.5, 0.6) is 0 Å². The Labute approximate surface area is 164 Å². The molecule has 0 fully saturated rings. The fourth-order valence-corrected chi connectivity index (χ4v) is 3.01. The van der Waals surface area contributed by atoms with Gasteiger partial charge in [0.1, 0.15) is 5.69 Å². The molecule has 0 aliphatic heterocycles. The third-order valence-electron chi connectivity index (χ3n) is 4.14. The molecule has 2 aromatic carbocycles. The molecule has 0 spiro atoms. The van der Waals surface area contributed by atoms with Gasteiger partial charge in [-0.1, -0.05) is 48.0 Å². The lowest BCUT2D eigenvalue weighted by Crippen LogP contribution is -2.25. The van der Waals surface area contributed by atoms with E-state index in [9.17, 15) is 9.59 Å². The van der Waals surface area contributed by atoms with E-state index in [1.54, 1.807) is 24.3 Å². The molecule has 9 heteroatoms. The van der Waals surface area contributed by atoms with E-state index in [1.165, 1.54) is 11.8 Å². The van der Waals surface area contributed by atoms with Crippen molar-refractivity contribution in [2.24, 2.45) is 0 Å².